The van der Waals surface area contributed by atoms with Crippen molar-refractivity contribution in [1.29, 1.82) is 0 Å². The average Bonchev–Trinajstić information content (AvgIpc) is 3.03. The summed E-state index contributed by atoms with van der Waals surface area (Å²) in [6.07, 6.45) is 2.87. The molecule has 0 bridgehead atoms. The zero-order valence-corrected chi connectivity index (χ0v) is 12.7. The molecule has 1 N–H and O–H groups in total. The van der Waals surface area contributed by atoms with Gasteiger partial charge in [0.1, 0.15) is 5.82 Å². The van der Waals surface area contributed by atoms with Crippen molar-refractivity contribution >= 4 is 11.9 Å². The number of hydrogen-bond acceptors (Lipinski definition) is 4. The number of nitrogens with one attached hydrogen (secondary N) is 1. The lowest BCUT2D eigenvalue weighted by molar-refractivity contribution is 0.0962. The van der Waals surface area contributed by atoms with Gasteiger partial charge in [0, 0.05) is 12.2 Å². The number of amidine groups is 1. The summed E-state index contributed by atoms with van der Waals surface area (Å²) in [4.78, 5) is 16.4. The van der Waals surface area contributed by atoms with E-state index in [1.54, 1.807) is 0 Å². The summed E-state index contributed by atoms with van der Waals surface area (Å²) in [5.74, 6) is -0.901. The first kappa shape index (κ1) is 16.4. The lowest BCUT2D eigenvalue weighted by Crippen LogP contribution is -2.33. The highest BCUT2D eigenvalue weighted by atomic mass is 19.1. The van der Waals surface area contributed by atoms with Gasteiger partial charge in [0.2, 0.25) is 0 Å². The molecular formula is C16H21FN2O3. The van der Waals surface area contributed by atoms with Crippen LogP contribution in [0.2, 0.25) is 0 Å². The molecule has 22 heavy (non-hydrogen) atoms. The average molecular weight is 308 g/mol. The fraction of sp³-hybridized carbons (Fsp3) is 0.500. The lowest BCUT2D eigenvalue weighted by atomic mass is 10.2. The summed E-state index contributed by atoms with van der Waals surface area (Å²) in [5, 5.41) is 2.59. The third-order valence-corrected chi connectivity index (χ3v) is 3.21. The zero-order chi connectivity index (χ0) is 15.8. The van der Waals surface area contributed by atoms with Gasteiger partial charge in [-0.2, -0.15) is 0 Å². The van der Waals surface area contributed by atoms with Crippen LogP contribution in [-0.4, -0.2) is 37.8 Å². The van der Waals surface area contributed by atoms with Crippen LogP contribution in [0.1, 0.15) is 36.5 Å². The Morgan fingerprint density at radius 2 is 2.41 bits per heavy atom. The maximum atomic E-state index is 13.2. The number of ether oxygens (including phenoxy) is 2. The molecule has 0 aliphatic carbocycles. The van der Waals surface area contributed by atoms with Gasteiger partial charge in [-0.25, -0.2) is 9.38 Å². The minimum absolute atomic E-state index is 0.0753. The molecule has 120 valence electrons. The van der Waals surface area contributed by atoms with E-state index in [-0.39, 0.29) is 17.7 Å². The normalized spacial score (nSPS) is 18.3. The van der Waals surface area contributed by atoms with Gasteiger partial charge in [-0.15, -0.1) is 0 Å². The van der Waals surface area contributed by atoms with Crippen LogP contribution in [0.4, 0.5) is 4.39 Å². The van der Waals surface area contributed by atoms with E-state index in [1.165, 1.54) is 24.3 Å². The van der Waals surface area contributed by atoms with E-state index in [0.717, 1.165) is 25.9 Å². The first-order chi connectivity index (χ1) is 10.7. The standard InChI is InChI=1S/C16H21FN2O3/c1-2-8-22-16(18-11-14-7-4-9-21-14)19-15(20)12-5-3-6-13(17)10-12/h3,5-6,10,14H,2,4,7-9,11H2,1H3,(H,18,19,20). The predicted molar refractivity (Wildman–Crippen MR) is 81.4 cm³/mol. The SMILES string of the molecule is CCCOC(=NCC1CCCO1)NC(=O)c1cccc(F)c1. The summed E-state index contributed by atoms with van der Waals surface area (Å²) in [6, 6.07) is 5.64. The van der Waals surface area contributed by atoms with E-state index in [1.807, 2.05) is 6.92 Å². The zero-order valence-electron chi connectivity index (χ0n) is 12.7. The molecule has 0 spiro atoms. The maximum absolute atomic E-state index is 13.2. The summed E-state index contributed by atoms with van der Waals surface area (Å²) < 4.78 is 24.1. The van der Waals surface area contributed by atoms with Crippen LogP contribution in [0.3, 0.4) is 0 Å². The Morgan fingerprint density at radius 3 is 3.09 bits per heavy atom. The van der Waals surface area contributed by atoms with Crippen LogP contribution in [0, 0.1) is 5.82 Å². The third-order valence-electron chi connectivity index (χ3n) is 3.21. The molecule has 0 aromatic heterocycles. The van der Waals surface area contributed by atoms with Gasteiger partial charge in [-0.1, -0.05) is 13.0 Å². The van der Waals surface area contributed by atoms with E-state index in [2.05, 4.69) is 10.3 Å². The van der Waals surface area contributed by atoms with Gasteiger partial charge in [0.05, 0.1) is 19.3 Å². The Kier molecular flexibility index (Phi) is 6.33. The first-order valence-electron chi connectivity index (χ1n) is 7.55. The first-order valence-corrected chi connectivity index (χ1v) is 7.55. The van der Waals surface area contributed by atoms with Gasteiger partial charge in [0.25, 0.3) is 11.9 Å². The fourth-order valence-electron chi connectivity index (χ4n) is 2.09. The monoisotopic (exact) mass is 308 g/mol. The van der Waals surface area contributed by atoms with E-state index >= 15 is 0 Å². The van der Waals surface area contributed by atoms with Crippen LogP contribution in [0.5, 0.6) is 0 Å². The van der Waals surface area contributed by atoms with Crippen molar-refractivity contribution in [3.63, 3.8) is 0 Å². The van der Waals surface area contributed by atoms with E-state index < -0.39 is 11.7 Å². The minimum atomic E-state index is -0.458. The molecule has 1 aliphatic heterocycles. The number of nitrogens with zero attached hydrogens (tertiary/aromatic N) is 1. The third kappa shape index (κ3) is 5.11. The van der Waals surface area contributed by atoms with Crippen LogP contribution in [0.15, 0.2) is 29.3 Å². The molecule has 1 aromatic carbocycles. The molecule has 1 atom stereocenters. The molecular weight excluding hydrogens is 287 g/mol. The Bertz CT molecular complexity index is 528. The molecule has 1 fully saturated rings. The fourth-order valence-corrected chi connectivity index (χ4v) is 2.09. The van der Waals surface area contributed by atoms with Gasteiger partial charge < -0.3 is 9.47 Å². The van der Waals surface area contributed by atoms with Gasteiger partial charge in [-0.05, 0) is 37.5 Å². The quantitative estimate of drug-likeness (QED) is 0.671. The molecule has 1 aliphatic rings. The summed E-state index contributed by atoms with van der Waals surface area (Å²) in [6.45, 7) is 3.61. The van der Waals surface area contributed by atoms with Crippen LogP contribution >= 0.6 is 0 Å². The van der Waals surface area contributed by atoms with Crippen LogP contribution < -0.4 is 5.32 Å². The van der Waals surface area contributed by atoms with Gasteiger partial charge >= 0.3 is 0 Å². The van der Waals surface area contributed by atoms with E-state index in [9.17, 15) is 9.18 Å². The van der Waals surface area contributed by atoms with Crippen molar-refractivity contribution in [3.05, 3.63) is 35.6 Å². The second-order valence-electron chi connectivity index (χ2n) is 5.09. The second-order valence-corrected chi connectivity index (χ2v) is 5.09. The number of halogens is 1. The summed E-state index contributed by atoms with van der Waals surface area (Å²) >= 11 is 0. The minimum Gasteiger partial charge on any atom is -0.465 e. The molecule has 2 rings (SSSR count). The Balaban J connectivity index is 1.98. The smallest absolute Gasteiger partial charge is 0.291 e. The molecule has 5 nitrogen and oxygen atoms in total. The van der Waals surface area contributed by atoms with Gasteiger partial charge in [-0.3, -0.25) is 10.1 Å². The number of benzene rings is 1. The number of aliphatic imine (C=N–C) groups is 1. The number of amides is 1. The van der Waals surface area contributed by atoms with Crippen molar-refractivity contribution in [2.45, 2.75) is 32.3 Å². The highest BCUT2D eigenvalue weighted by Gasteiger charge is 2.16. The van der Waals surface area contributed by atoms with Crippen molar-refractivity contribution in [2.75, 3.05) is 19.8 Å². The van der Waals surface area contributed by atoms with Crippen molar-refractivity contribution in [2.24, 2.45) is 4.99 Å². The van der Waals surface area contributed by atoms with Gasteiger partial charge in [0.15, 0.2) is 0 Å². The second kappa shape index (κ2) is 8.48. The van der Waals surface area contributed by atoms with Crippen molar-refractivity contribution < 1.29 is 18.7 Å². The number of carbonyl (C=O) groups is 1. The van der Waals surface area contributed by atoms with Crippen molar-refractivity contribution in [3.8, 4) is 0 Å². The summed E-state index contributed by atoms with van der Waals surface area (Å²) in [7, 11) is 0. The van der Waals surface area contributed by atoms with Crippen LogP contribution in [-0.2, 0) is 9.47 Å². The highest BCUT2D eigenvalue weighted by Crippen LogP contribution is 2.12. The molecule has 0 radical (unpaired) electrons. The molecule has 1 aromatic rings. The van der Waals surface area contributed by atoms with E-state index in [0.29, 0.717) is 13.2 Å². The van der Waals surface area contributed by atoms with E-state index in [4.69, 9.17) is 9.47 Å². The molecule has 6 heteroatoms. The predicted octanol–water partition coefficient (Wildman–Crippen LogP) is 2.52. The Hall–Kier alpha value is -1.95. The molecule has 1 saturated heterocycles. The summed E-state index contributed by atoms with van der Waals surface area (Å²) in [5.41, 5.74) is 0.227. The van der Waals surface area contributed by atoms with Crippen molar-refractivity contribution in [1.82, 2.24) is 5.32 Å². The number of carbonyl (C=O) groups excluding carboxylic acids is 1. The Morgan fingerprint density at radius 1 is 1.55 bits per heavy atom. The number of hydrogen-bond donors (Lipinski definition) is 1. The largest absolute Gasteiger partial charge is 0.465 e. The maximum Gasteiger partial charge on any atom is 0.291 e. The highest BCUT2D eigenvalue weighted by molar-refractivity contribution is 6.04. The topological polar surface area (TPSA) is 59.9 Å². The molecule has 1 amide bonds. The number of rotatable bonds is 5. The molecule has 1 unspecified atom stereocenters. The molecule has 0 saturated carbocycles. The van der Waals surface area contributed by atoms with Crippen LogP contribution in [0.25, 0.3) is 0 Å². The Labute approximate surface area is 129 Å². The molecule has 1 heterocycles. The lowest BCUT2D eigenvalue weighted by Gasteiger charge is -2.12.